The molecule has 0 saturated carbocycles. The number of pyridine rings is 1. The topological polar surface area (TPSA) is 48.4 Å². The van der Waals surface area contributed by atoms with E-state index in [1.807, 2.05) is 19.1 Å². The van der Waals surface area contributed by atoms with Crippen LogP contribution in [0.3, 0.4) is 0 Å². The Morgan fingerprint density at radius 1 is 1.07 bits per heavy atom. The van der Waals surface area contributed by atoms with Crippen molar-refractivity contribution in [2.45, 2.75) is 58.8 Å². The van der Waals surface area contributed by atoms with E-state index in [4.69, 9.17) is 9.47 Å². The quantitative estimate of drug-likeness (QED) is 0.514. The molecule has 0 amide bonds. The van der Waals surface area contributed by atoms with Gasteiger partial charge in [-0.15, -0.1) is 0 Å². The number of aromatic nitrogens is 1. The lowest BCUT2D eigenvalue weighted by Crippen LogP contribution is -2.08. The summed E-state index contributed by atoms with van der Waals surface area (Å²) in [6, 6.07) is 12.8. The standard InChI is InChI=1S/C25H31NO3/c1-3-28-25(27)10-6-8-22-15-16-23(17-26-22)29-18-21-7-4-5-9-24(21)20-13-11-19(2)12-14-20/h11-17H,3-10,18H2,1-2H3. The first-order chi connectivity index (χ1) is 14.2. The molecule has 0 saturated heterocycles. The van der Waals surface area contributed by atoms with Gasteiger partial charge in [-0.3, -0.25) is 9.78 Å². The van der Waals surface area contributed by atoms with Crippen LogP contribution in [0.2, 0.25) is 0 Å². The van der Waals surface area contributed by atoms with Crippen LogP contribution in [0.4, 0.5) is 0 Å². The maximum absolute atomic E-state index is 11.4. The molecule has 0 atom stereocenters. The van der Waals surface area contributed by atoms with Gasteiger partial charge in [0, 0.05) is 12.1 Å². The zero-order valence-corrected chi connectivity index (χ0v) is 17.6. The molecule has 0 unspecified atom stereocenters. The number of ether oxygens (including phenoxy) is 2. The third-order valence-corrected chi connectivity index (χ3v) is 5.31. The lowest BCUT2D eigenvalue weighted by atomic mass is 9.87. The van der Waals surface area contributed by atoms with Gasteiger partial charge in [-0.2, -0.15) is 0 Å². The van der Waals surface area contributed by atoms with Gasteiger partial charge in [0.2, 0.25) is 0 Å². The molecule has 3 rings (SSSR count). The Morgan fingerprint density at radius 2 is 1.86 bits per heavy atom. The third-order valence-electron chi connectivity index (χ3n) is 5.31. The van der Waals surface area contributed by atoms with E-state index in [9.17, 15) is 4.79 Å². The molecule has 0 fully saturated rings. The van der Waals surface area contributed by atoms with E-state index in [1.165, 1.54) is 35.1 Å². The fraction of sp³-hybridized carbons (Fsp3) is 0.440. The van der Waals surface area contributed by atoms with Crippen molar-refractivity contribution in [2.75, 3.05) is 13.2 Å². The second-order valence-corrected chi connectivity index (χ2v) is 7.59. The number of hydrogen-bond donors (Lipinski definition) is 0. The minimum Gasteiger partial charge on any atom is -0.488 e. The minimum absolute atomic E-state index is 0.141. The normalized spacial score (nSPS) is 14.0. The lowest BCUT2D eigenvalue weighted by Gasteiger charge is -2.21. The summed E-state index contributed by atoms with van der Waals surface area (Å²) in [5.74, 6) is 0.651. The summed E-state index contributed by atoms with van der Waals surface area (Å²) in [6.45, 7) is 5.00. The third kappa shape index (κ3) is 6.45. The van der Waals surface area contributed by atoms with Crippen LogP contribution >= 0.6 is 0 Å². The average Bonchev–Trinajstić information content (AvgIpc) is 2.74. The van der Waals surface area contributed by atoms with Crippen LogP contribution < -0.4 is 4.74 Å². The van der Waals surface area contributed by atoms with Gasteiger partial charge in [0.25, 0.3) is 0 Å². The van der Waals surface area contributed by atoms with Crippen molar-refractivity contribution >= 4 is 11.5 Å². The maximum atomic E-state index is 11.4. The van der Waals surface area contributed by atoms with Crippen molar-refractivity contribution in [3.63, 3.8) is 0 Å². The zero-order valence-electron chi connectivity index (χ0n) is 17.6. The highest BCUT2D eigenvalue weighted by Gasteiger charge is 2.15. The van der Waals surface area contributed by atoms with Crippen LogP contribution in [0.5, 0.6) is 5.75 Å². The van der Waals surface area contributed by atoms with E-state index in [0.717, 1.165) is 37.1 Å². The predicted molar refractivity (Wildman–Crippen MR) is 116 cm³/mol. The molecule has 2 aromatic rings. The molecule has 0 N–H and O–H groups in total. The molecule has 154 valence electrons. The molecule has 29 heavy (non-hydrogen) atoms. The average molecular weight is 394 g/mol. The first kappa shape index (κ1) is 21.1. The van der Waals surface area contributed by atoms with Crippen LogP contribution in [-0.4, -0.2) is 24.2 Å². The van der Waals surface area contributed by atoms with Gasteiger partial charge in [0.1, 0.15) is 12.4 Å². The molecule has 0 bridgehead atoms. The van der Waals surface area contributed by atoms with Crippen molar-refractivity contribution in [3.8, 4) is 5.75 Å². The van der Waals surface area contributed by atoms with Gasteiger partial charge in [0.15, 0.2) is 0 Å². The summed E-state index contributed by atoms with van der Waals surface area (Å²) in [5.41, 5.74) is 6.43. The van der Waals surface area contributed by atoms with Crippen molar-refractivity contribution in [1.29, 1.82) is 0 Å². The number of allylic oxidation sites excluding steroid dienone is 1. The second kappa shape index (κ2) is 10.8. The second-order valence-electron chi connectivity index (χ2n) is 7.59. The Morgan fingerprint density at radius 3 is 2.59 bits per heavy atom. The Hall–Kier alpha value is -2.62. The lowest BCUT2D eigenvalue weighted by molar-refractivity contribution is -0.143. The van der Waals surface area contributed by atoms with E-state index in [1.54, 1.807) is 6.20 Å². The highest BCUT2D eigenvalue weighted by molar-refractivity contribution is 5.70. The van der Waals surface area contributed by atoms with Crippen molar-refractivity contribution < 1.29 is 14.3 Å². The van der Waals surface area contributed by atoms with Gasteiger partial charge >= 0.3 is 5.97 Å². The molecule has 0 radical (unpaired) electrons. The van der Waals surface area contributed by atoms with Gasteiger partial charge in [-0.25, -0.2) is 0 Å². The Bertz CT molecular complexity index is 822. The fourth-order valence-electron chi connectivity index (χ4n) is 3.69. The van der Waals surface area contributed by atoms with E-state index >= 15 is 0 Å². The summed E-state index contributed by atoms with van der Waals surface area (Å²) in [4.78, 5) is 15.9. The van der Waals surface area contributed by atoms with Crippen LogP contribution in [0.15, 0.2) is 48.2 Å². The molecular formula is C25H31NO3. The number of carbonyl (C=O) groups is 1. The summed E-state index contributed by atoms with van der Waals surface area (Å²) < 4.78 is 11.0. The SMILES string of the molecule is CCOC(=O)CCCc1ccc(OCC2=C(c3ccc(C)cc3)CCCC2)cn1. The summed E-state index contributed by atoms with van der Waals surface area (Å²) in [6.07, 6.45) is 8.43. The molecule has 1 aliphatic rings. The van der Waals surface area contributed by atoms with Crippen LogP contribution in [0, 0.1) is 6.92 Å². The van der Waals surface area contributed by atoms with Crippen molar-refractivity contribution in [3.05, 3.63) is 65.0 Å². The Kier molecular flexibility index (Phi) is 7.85. The first-order valence-corrected chi connectivity index (χ1v) is 10.7. The molecule has 1 aliphatic carbocycles. The van der Waals surface area contributed by atoms with Crippen LogP contribution in [0.25, 0.3) is 5.57 Å². The molecule has 4 nitrogen and oxygen atoms in total. The number of hydrogen-bond acceptors (Lipinski definition) is 4. The van der Waals surface area contributed by atoms with Gasteiger partial charge in [-0.1, -0.05) is 29.8 Å². The monoisotopic (exact) mass is 393 g/mol. The molecule has 4 heteroatoms. The summed E-state index contributed by atoms with van der Waals surface area (Å²) in [7, 11) is 0. The molecule has 0 spiro atoms. The largest absolute Gasteiger partial charge is 0.488 e. The zero-order chi connectivity index (χ0) is 20.5. The molecule has 0 aliphatic heterocycles. The maximum Gasteiger partial charge on any atom is 0.305 e. The van der Waals surface area contributed by atoms with Gasteiger partial charge in [-0.05, 0) is 81.2 Å². The number of nitrogens with zero attached hydrogens (tertiary/aromatic N) is 1. The molecular weight excluding hydrogens is 362 g/mol. The Balaban J connectivity index is 1.55. The first-order valence-electron chi connectivity index (χ1n) is 10.7. The summed E-state index contributed by atoms with van der Waals surface area (Å²) in [5, 5.41) is 0. The summed E-state index contributed by atoms with van der Waals surface area (Å²) >= 11 is 0. The number of aryl methyl sites for hydroxylation is 2. The minimum atomic E-state index is -0.141. The van der Waals surface area contributed by atoms with E-state index in [0.29, 0.717) is 19.6 Å². The fourth-order valence-corrected chi connectivity index (χ4v) is 3.69. The van der Waals surface area contributed by atoms with Gasteiger partial charge < -0.3 is 9.47 Å². The van der Waals surface area contributed by atoms with Crippen molar-refractivity contribution in [1.82, 2.24) is 4.98 Å². The van der Waals surface area contributed by atoms with Gasteiger partial charge in [0.05, 0.1) is 12.8 Å². The predicted octanol–water partition coefficient (Wildman–Crippen LogP) is 5.68. The highest BCUT2D eigenvalue weighted by Crippen LogP contribution is 2.32. The number of carbonyl (C=O) groups excluding carboxylic acids is 1. The van der Waals surface area contributed by atoms with Crippen LogP contribution in [0.1, 0.15) is 62.3 Å². The number of esters is 1. The van der Waals surface area contributed by atoms with E-state index < -0.39 is 0 Å². The number of rotatable bonds is 9. The smallest absolute Gasteiger partial charge is 0.305 e. The van der Waals surface area contributed by atoms with Crippen molar-refractivity contribution in [2.24, 2.45) is 0 Å². The molecule has 1 aromatic heterocycles. The van der Waals surface area contributed by atoms with E-state index in [-0.39, 0.29) is 5.97 Å². The molecule has 1 heterocycles. The number of benzene rings is 1. The molecule has 1 aromatic carbocycles. The highest BCUT2D eigenvalue weighted by atomic mass is 16.5. The Labute approximate surface area is 174 Å². The van der Waals surface area contributed by atoms with Crippen LogP contribution in [-0.2, 0) is 16.0 Å². The van der Waals surface area contributed by atoms with E-state index in [2.05, 4.69) is 36.2 Å².